The third-order valence-corrected chi connectivity index (χ3v) is 2.94. The van der Waals surface area contributed by atoms with Crippen LogP contribution in [0.1, 0.15) is 38.5 Å². The molecule has 0 radical (unpaired) electrons. The standard InChI is InChI=1S/C9H18FN/c10-7-3-6-9(8-11)4-1-2-5-9/h1-8,11H2. The molecule has 0 saturated heterocycles. The van der Waals surface area contributed by atoms with Gasteiger partial charge in [0.25, 0.3) is 0 Å². The van der Waals surface area contributed by atoms with Gasteiger partial charge in [-0.2, -0.15) is 0 Å². The Morgan fingerprint density at radius 2 is 1.91 bits per heavy atom. The Labute approximate surface area is 68.2 Å². The van der Waals surface area contributed by atoms with E-state index in [0.29, 0.717) is 11.8 Å². The highest BCUT2D eigenvalue weighted by molar-refractivity contribution is 4.85. The van der Waals surface area contributed by atoms with Crippen LogP contribution in [0.5, 0.6) is 0 Å². The Balaban J connectivity index is 2.33. The van der Waals surface area contributed by atoms with Gasteiger partial charge in [-0.1, -0.05) is 12.8 Å². The van der Waals surface area contributed by atoms with E-state index in [9.17, 15) is 4.39 Å². The summed E-state index contributed by atoms with van der Waals surface area (Å²) in [5.41, 5.74) is 6.01. The summed E-state index contributed by atoms with van der Waals surface area (Å²) >= 11 is 0. The van der Waals surface area contributed by atoms with Crippen molar-refractivity contribution in [1.82, 2.24) is 0 Å². The van der Waals surface area contributed by atoms with Crippen LogP contribution >= 0.6 is 0 Å². The fraction of sp³-hybridized carbons (Fsp3) is 1.00. The van der Waals surface area contributed by atoms with Gasteiger partial charge in [-0.3, -0.25) is 4.39 Å². The summed E-state index contributed by atoms with van der Waals surface area (Å²) in [6.07, 6.45) is 6.75. The van der Waals surface area contributed by atoms with Gasteiger partial charge in [0.1, 0.15) is 0 Å². The van der Waals surface area contributed by atoms with Gasteiger partial charge >= 0.3 is 0 Å². The van der Waals surface area contributed by atoms with Crippen molar-refractivity contribution < 1.29 is 4.39 Å². The first kappa shape index (κ1) is 8.98. The zero-order chi connectivity index (χ0) is 8.16. The third kappa shape index (κ3) is 2.16. The highest BCUT2D eigenvalue weighted by atomic mass is 19.1. The van der Waals surface area contributed by atoms with Crippen molar-refractivity contribution in [3.8, 4) is 0 Å². The molecule has 1 fully saturated rings. The number of nitrogens with two attached hydrogens (primary N) is 1. The molecule has 0 spiro atoms. The van der Waals surface area contributed by atoms with Gasteiger partial charge in [0.05, 0.1) is 6.67 Å². The van der Waals surface area contributed by atoms with Crippen molar-refractivity contribution in [1.29, 1.82) is 0 Å². The Hall–Kier alpha value is -0.110. The first-order chi connectivity index (χ1) is 5.33. The second kappa shape index (κ2) is 4.05. The van der Waals surface area contributed by atoms with E-state index >= 15 is 0 Å². The summed E-state index contributed by atoms with van der Waals surface area (Å²) in [4.78, 5) is 0. The highest BCUT2D eigenvalue weighted by Gasteiger charge is 2.31. The molecule has 11 heavy (non-hydrogen) atoms. The molecule has 1 saturated carbocycles. The maximum atomic E-state index is 11.9. The van der Waals surface area contributed by atoms with Crippen LogP contribution in [0.4, 0.5) is 4.39 Å². The topological polar surface area (TPSA) is 26.0 Å². The van der Waals surface area contributed by atoms with Gasteiger partial charge in [0, 0.05) is 0 Å². The molecule has 0 atom stereocenters. The van der Waals surface area contributed by atoms with Crippen molar-refractivity contribution in [3.05, 3.63) is 0 Å². The van der Waals surface area contributed by atoms with Crippen molar-refractivity contribution in [2.45, 2.75) is 38.5 Å². The van der Waals surface area contributed by atoms with Crippen LogP contribution in [0.3, 0.4) is 0 Å². The minimum atomic E-state index is -0.179. The summed E-state index contributed by atoms with van der Waals surface area (Å²) in [5.74, 6) is 0. The molecule has 0 aromatic heterocycles. The Kier molecular flexibility index (Phi) is 3.31. The van der Waals surface area contributed by atoms with Gasteiger partial charge in [-0.05, 0) is 37.6 Å². The molecule has 1 nitrogen and oxygen atoms in total. The first-order valence-corrected chi connectivity index (χ1v) is 4.59. The summed E-state index contributed by atoms with van der Waals surface area (Å²) in [5, 5.41) is 0. The monoisotopic (exact) mass is 159 g/mol. The minimum Gasteiger partial charge on any atom is -0.330 e. The van der Waals surface area contributed by atoms with E-state index in [1.165, 1.54) is 25.7 Å². The average molecular weight is 159 g/mol. The summed E-state index contributed by atoms with van der Waals surface area (Å²) in [6, 6.07) is 0. The van der Waals surface area contributed by atoms with E-state index in [2.05, 4.69) is 0 Å². The normalized spacial score (nSPS) is 22.4. The van der Waals surface area contributed by atoms with Gasteiger partial charge < -0.3 is 5.73 Å². The van der Waals surface area contributed by atoms with Crippen LogP contribution in [0, 0.1) is 5.41 Å². The largest absolute Gasteiger partial charge is 0.330 e. The zero-order valence-electron chi connectivity index (χ0n) is 7.11. The van der Waals surface area contributed by atoms with Crippen molar-refractivity contribution >= 4 is 0 Å². The van der Waals surface area contributed by atoms with E-state index in [1.54, 1.807) is 0 Å². The predicted octanol–water partition coefficient (Wildman–Crippen LogP) is 2.26. The lowest BCUT2D eigenvalue weighted by Gasteiger charge is -2.26. The molecule has 2 N–H and O–H groups in total. The Bertz CT molecular complexity index is 108. The summed E-state index contributed by atoms with van der Waals surface area (Å²) in [7, 11) is 0. The number of alkyl halides is 1. The number of hydrogen-bond acceptors (Lipinski definition) is 1. The molecule has 0 bridgehead atoms. The van der Waals surface area contributed by atoms with Crippen LogP contribution in [-0.2, 0) is 0 Å². The molecule has 66 valence electrons. The average Bonchev–Trinajstić information content (AvgIpc) is 2.50. The molecule has 1 rings (SSSR count). The predicted molar refractivity (Wildman–Crippen MR) is 45.2 cm³/mol. The number of hydrogen-bond donors (Lipinski definition) is 1. The lowest BCUT2D eigenvalue weighted by Crippen LogP contribution is -2.27. The maximum Gasteiger partial charge on any atom is 0.0894 e. The quantitative estimate of drug-likeness (QED) is 0.669. The van der Waals surface area contributed by atoms with Crippen LogP contribution in [0.15, 0.2) is 0 Å². The molecule has 0 aliphatic heterocycles. The minimum absolute atomic E-state index is 0.179. The molecule has 0 heterocycles. The molecule has 0 amide bonds. The lowest BCUT2D eigenvalue weighted by atomic mass is 9.82. The maximum absolute atomic E-state index is 11.9. The van der Waals surface area contributed by atoms with Gasteiger partial charge in [0.2, 0.25) is 0 Å². The van der Waals surface area contributed by atoms with Gasteiger partial charge in [0.15, 0.2) is 0 Å². The Morgan fingerprint density at radius 3 is 2.36 bits per heavy atom. The van der Waals surface area contributed by atoms with Crippen LogP contribution in [0.25, 0.3) is 0 Å². The van der Waals surface area contributed by atoms with E-state index in [-0.39, 0.29) is 6.67 Å². The van der Waals surface area contributed by atoms with E-state index < -0.39 is 0 Å². The molecular weight excluding hydrogens is 141 g/mol. The van der Waals surface area contributed by atoms with Gasteiger partial charge in [-0.15, -0.1) is 0 Å². The second-order valence-corrected chi connectivity index (χ2v) is 3.70. The van der Waals surface area contributed by atoms with Crippen LogP contribution in [-0.4, -0.2) is 13.2 Å². The molecule has 1 aliphatic carbocycles. The Morgan fingerprint density at radius 1 is 1.27 bits per heavy atom. The molecule has 0 unspecified atom stereocenters. The smallest absolute Gasteiger partial charge is 0.0894 e. The molecular formula is C9H18FN. The zero-order valence-corrected chi connectivity index (χ0v) is 7.11. The van der Waals surface area contributed by atoms with Gasteiger partial charge in [-0.25, -0.2) is 0 Å². The van der Waals surface area contributed by atoms with Crippen molar-refractivity contribution in [2.75, 3.05) is 13.2 Å². The summed E-state index contributed by atoms with van der Waals surface area (Å²) < 4.78 is 11.9. The summed E-state index contributed by atoms with van der Waals surface area (Å²) in [6.45, 7) is 0.578. The van der Waals surface area contributed by atoms with Crippen LogP contribution < -0.4 is 5.73 Å². The number of rotatable bonds is 4. The van der Waals surface area contributed by atoms with E-state index in [0.717, 1.165) is 13.0 Å². The lowest BCUT2D eigenvalue weighted by molar-refractivity contribution is 0.261. The fourth-order valence-corrected chi connectivity index (χ4v) is 2.12. The first-order valence-electron chi connectivity index (χ1n) is 4.59. The highest BCUT2D eigenvalue weighted by Crippen LogP contribution is 2.40. The number of halogens is 1. The van der Waals surface area contributed by atoms with E-state index in [4.69, 9.17) is 5.73 Å². The molecule has 2 heteroatoms. The third-order valence-electron chi connectivity index (χ3n) is 2.94. The molecule has 0 aromatic carbocycles. The van der Waals surface area contributed by atoms with E-state index in [1.807, 2.05) is 0 Å². The second-order valence-electron chi connectivity index (χ2n) is 3.70. The van der Waals surface area contributed by atoms with Crippen LogP contribution in [0.2, 0.25) is 0 Å². The molecule has 1 aliphatic rings. The van der Waals surface area contributed by atoms with Crippen molar-refractivity contribution in [3.63, 3.8) is 0 Å². The fourth-order valence-electron chi connectivity index (χ4n) is 2.12. The SMILES string of the molecule is NCC1(CCCF)CCCC1. The van der Waals surface area contributed by atoms with Crippen molar-refractivity contribution in [2.24, 2.45) is 11.1 Å². The molecule has 0 aromatic rings.